The normalized spacial score (nSPS) is 25.4. The maximum absolute atomic E-state index is 12.0. The number of rotatable bonds is 2. The molecule has 1 fully saturated rings. The van der Waals surface area contributed by atoms with E-state index in [-0.39, 0.29) is 11.3 Å². The van der Waals surface area contributed by atoms with Crippen molar-refractivity contribution in [2.75, 3.05) is 0 Å². The molecule has 0 aromatic heterocycles. The van der Waals surface area contributed by atoms with Crippen molar-refractivity contribution in [2.45, 2.75) is 40.2 Å². The molecule has 0 radical (unpaired) electrons. The summed E-state index contributed by atoms with van der Waals surface area (Å²) in [6, 6.07) is 10.3. The molecule has 0 amide bonds. The molecule has 0 spiro atoms. The molecule has 0 N–H and O–H groups in total. The largest absolute Gasteiger partial charge is 0.299 e. The van der Waals surface area contributed by atoms with Crippen molar-refractivity contribution in [2.24, 2.45) is 16.3 Å². The number of Topliss-reactive ketones (excluding diaryl/α,β-unsaturated/α-hetero) is 1. The van der Waals surface area contributed by atoms with Gasteiger partial charge in [-0.1, -0.05) is 51.1 Å². The molecule has 1 aromatic rings. The van der Waals surface area contributed by atoms with Crippen LogP contribution in [0.25, 0.3) is 0 Å². The van der Waals surface area contributed by atoms with E-state index in [0.29, 0.717) is 5.78 Å². The molecule has 2 heteroatoms. The Kier molecular flexibility index (Phi) is 3.65. The van der Waals surface area contributed by atoms with Gasteiger partial charge < -0.3 is 0 Å². The van der Waals surface area contributed by atoms with Crippen molar-refractivity contribution in [1.82, 2.24) is 0 Å². The fourth-order valence-corrected chi connectivity index (χ4v) is 2.69. The zero-order chi connectivity index (χ0) is 13.2. The summed E-state index contributed by atoms with van der Waals surface area (Å²) in [5, 5.41) is 0. The Bertz CT molecular complexity index is 459. The van der Waals surface area contributed by atoms with Crippen LogP contribution in [-0.4, -0.2) is 11.5 Å². The molecule has 1 saturated carbocycles. The Morgan fingerprint density at radius 2 is 1.94 bits per heavy atom. The van der Waals surface area contributed by atoms with E-state index >= 15 is 0 Å². The third-order valence-corrected chi connectivity index (χ3v) is 3.63. The lowest BCUT2D eigenvalue weighted by atomic mass is 9.71. The molecule has 2 nitrogen and oxygen atoms in total. The summed E-state index contributed by atoms with van der Waals surface area (Å²) in [4.78, 5) is 16.7. The Morgan fingerprint density at radius 3 is 2.56 bits per heavy atom. The van der Waals surface area contributed by atoms with E-state index in [0.717, 1.165) is 19.4 Å². The van der Waals surface area contributed by atoms with E-state index in [1.807, 2.05) is 39.0 Å². The number of carbonyl (C=O) groups excluding carboxylic acids is 1. The van der Waals surface area contributed by atoms with Crippen molar-refractivity contribution in [1.29, 1.82) is 0 Å². The molecule has 1 aliphatic carbocycles. The number of ketones is 1. The van der Waals surface area contributed by atoms with Crippen LogP contribution in [0.5, 0.6) is 0 Å². The lowest BCUT2D eigenvalue weighted by Gasteiger charge is -2.33. The van der Waals surface area contributed by atoms with Gasteiger partial charge in [0, 0.05) is 17.0 Å². The first-order valence-corrected chi connectivity index (χ1v) is 6.59. The van der Waals surface area contributed by atoms with Crippen LogP contribution in [0.1, 0.15) is 39.2 Å². The van der Waals surface area contributed by atoms with Crippen LogP contribution in [-0.2, 0) is 11.3 Å². The van der Waals surface area contributed by atoms with Gasteiger partial charge in [0.25, 0.3) is 0 Å². The van der Waals surface area contributed by atoms with E-state index in [1.165, 1.54) is 11.3 Å². The standard InChI is InChI=1S/C16H21NO/c1-12-9-14(10-16(2,3)15(12)18)17-11-13-7-5-4-6-8-13/h4-8,12H,9-11H2,1-3H3. The van der Waals surface area contributed by atoms with Crippen molar-refractivity contribution < 1.29 is 4.79 Å². The summed E-state index contributed by atoms with van der Waals surface area (Å²) in [7, 11) is 0. The molecule has 1 unspecified atom stereocenters. The van der Waals surface area contributed by atoms with Gasteiger partial charge in [-0.05, 0) is 18.4 Å². The van der Waals surface area contributed by atoms with Gasteiger partial charge in [0.05, 0.1) is 6.54 Å². The molecule has 2 rings (SSSR count). The minimum atomic E-state index is -0.243. The van der Waals surface area contributed by atoms with Crippen LogP contribution in [0, 0.1) is 11.3 Å². The Labute approximate surface area is 109 Å². The van der Waals surface area contributed by atoms with Crippen LogP contribution in [0.4, 0.5) is 0 Å². The summed E-state index contributed by atoms with van der Waals surface area (Å²) in [6.07, 6.45) is 1.64. The number of hydrogen-bond donors (Lipinski definition) is 0. The SMILES string of the molecule is CC1CC(=NCc2ccccc2)CC(C)(C)C1=O. The van der Waals surface area contributed by atoms with Gasteiger partial charge in [0.2, 0.25) is 0 Å². The van der Waals surface area contributed by atoms with Crippen LogP contribution < -0.4 is 0 Å². The van der Waals surface area contributed by atoms with Crippen LogP contribution in [0.3, 0.4) is 0 Å². The Hall–Kier alpha value is -1.44. The zero-order valence-corrected chi connectivity index (χ0v) is 11.4. The highest BCUT2D eigenvalue weighted by molar-refractivity contribution is 6.00. The third kappa shape index (κ3) is 2.87. The maximum Gasteiger partial charge on any atom is 0.142 e. The Morgan fingerprint density at radius 1 is 1.28 bits per heavy atom. The quantitative estimate of drug-likeness (QED) is 0.779. The number of aliphatic imine (C=N–C) groups is 1. The first kappa shape index (κ1) is 13.0. The molecule has 1 aliphatic rings. The highest BCUT2D eigenvalue weighted by Gasteiger charge is 2.37. The van der Waals surface area contributed by atoms with Gasteiger partial charge in [-0.2, -0.15) is 0 Å². The molecule has 18 heavy (non-hydrogen) atoms. The zero-order valence-electron chi connectivity index (χ0n) is 11.4. The van der Waals surface area contributed by atoms with Gasteiger partial charge in [-0.15, -0.1) is 0 Å². The highest BCUT2D eigenvalue weighted by Crippen LogP contribution is 2.34. The molecule has 1 atom stereocenters. The molecule has 1 aromatic carbocycles. The van der Waals surface area contributed by atoms with Crippen molar-refractivity contribution in [3.63, 3.8) is 0 Å². The topological polar surface area (TPSA) is 29.4 Å². The van der Waals surface area contributed by atoms with Crippen LogP contribution >= 0.6 is 0 Å². The first-order valence-electron chi connectivity index (χ1n) is 6.59. The summed E-state index contributed by atoms with van der Waals surface area (Å²) >= 11 is 0. The highest BCUT2D eigenvalue weighted by atomic mass is 16.1. The fourth-order valence-electron chi connectivity index (χ4n) is 2.69. The minimum absolute atomic E-state index is 0.114. The molecule has 0 saturated heterocycles. The smallest absolute Gasteiger partial charge is 0.142 e. The Balaban J connectivity index is 2.08. The van der Waals surface area contributed by atoms with E-state index in [2.05, 4.69) is 12.1 Å². The molecule has 96 valence electrons. The van der Waals surface area contributed by atoms with E-state index in [1.54, 1.807) is 0 Å². The number of nitrogens with zero attached hydrogens (tertiary/aromatic N) is 1. The van der Waals surface area contributed by atoms with Gasteiger partial charge in [-0.25, -0.2) is 0 Å². The lowest BCUT2D eigenvalue weighted by molar-refractivity contribution is -0.131. The summed E-state index contributed by atoms with van der Waals surface area (Å²) in [6.45, 7) is 6.81. The van der Waals surface area contributed by atoms with Gasteiger partial charge >= 0.3 is 0 Å². The lowest BCUT2D eigenvalue weighted by Crippen LogP contribution is -2.38. The third-order valence-electron chi connectivity index (χ3n) is 3.63. The number of hydrogen-bond acceptors (Lipinski definition) is 2. The first-order chi connectivity index (χ1) is 8.49. The van der Waals surface area contributed by atoms with Crippen LogP contribution in [0.2, 0.25) is 0 Å². The average Bonchev–Trinajstić information content (AvgIpc) is 2.34. The van der Waals surface area contributed by atoms with Crippen molar-refractivity contribution >= 4 is 11.5 Å². The number of benzene rings is 1. The summed E-state index contributed by atoms with van der Waals surface area (Å²) in [5.41, 5.74) is 2.18. The summed E-state index contributed by atoms with van der Waals surface area (Å²) < 4.78 is 0. The molecular weight excluding hydrogens is 222 g/mol. The maximum atomic E-state index is 12.0. The molecule has 0 bridgehead atoms. The monoisotopic (exact) mass is 243 g/mol. The second kappa shape index (κ2) is 5.05. The molecule has 0 aliphatic heterocycles. The van der Waals surface area contributed by atoms with Gasteiger partial charge in [0.15, 0.2) is 0 Å². The van der Waals surface area contributed by atoms with Gasteiger partial charge in [-0.3, -0.25) is 9.79 Å². The molecular formula is C16H21NO. The predicted molar refractivity (Wildman–Crippen MR) is 74.8 cm³/mol. The van der Waals surface area contributed by atoms with E-state index in [4.69, 9.17) is 4.99 Å². The average molecular weight is 243 g/mol. The summed E-state index contributed by atoms with van der Waals surface area (Å²) in [5.74, 6) is 0.490. The minimum Gasteiger partial charge on any atom is -0.299 e. The van der Waals surface area contributed by atoms with Crippen LogP contribution in [0.15, 0.2) is 35.3 Å². The second-order valence-electron chi connectivity index (χ2n) is 5.90. The van der Waals surface area contributed by atoms with E-state index in [9.17, 15) is 4.79 Å². The fraction of sp³-hybridized carbons (Fsp3) is 0.500. The predicted octanol–water partition coefficient (Wildman–Crippen LogP) is 3.65. The van der Waals surface area contributed by atoms with Gasteiger partial charge in [0.1, 0.15) is 5.78 Å². The van der Waals surface area contributed by atoms with Crippen molar-refractivity contribution in [3.05, 3.63) is 35.9 Å². The number of carbonyl (C=O) groups is 1. The van der Waals surface area contributed by atoms with Crippen molar-refractivity contribution in [3.8, 4) is 0 Å². The molecule has 0 heterocycles. The second-order valence-corrected chi connectivity index (χ2v) is 5.90. The van der Waals surface area contributed by atoms with E-state index < -0.39 is 0 Å².